The van der Waals surface area contributed by atoms with E-state index in [1.54, 1.807) is 5.56 Å². The molecule has 2 aromatic rings. The summed E-state index contributed by atoms with van der Waals surface area (Å²) in [5.74, 6) is 1.94. The van der Waals surface area contributed by atoms with Crippen LogP contribution in [-0.2, 0) is 5.41 Å². The highest BCUT2D eigenvalue weighted by Crippen LogP contribution is 2.62. The van der Waals surface area contributed by atoms with Crippen LogP contribution in [0.5, 0.6) is 0 Å². The Morgan fingerprint density at radius 2 is 2.28 bits per heavy atom. The van der Waals surface area contributed by atoms with Gasteiger partial charge in [-0.1, -0.05) is 31.0 Å². The molecule has 0 radical (unpaired) electrons. The van der Waals surface area contributed by atoms with Gasteiger partial charge in [0.2, 0.25) is 0 Å². The third-order valence-corrected chi connectivity index (χ3v) is 4.87. The molecule has 0 amide bonds. The van der Waals surface area contributed by atoms with E-state index in [0.717, 1.165) is 11.7 Å². The monoisotopic (exact) mass is 238 g/mol. The van der Waals surface area contributed by atoms with Crippen LogP contribution in [0.15, 0.2) is 36.7 Å². The van der Waals surface area contributed by atoms with Crippen LogP contribution in [0.4, 0.5) is 0 Å². The zero-order valence-corrected chi connectivity index (χ0v) is 10.5. The maximum Gasteiger partial charge on any atom is 0.137 e. The van der Waals surface area contributed by atoms with Crippen molar-refractivity contribution in [3.63, 3.8) is 0 Å². The molecule has 2 unspecified atom stereocenters. The summed E-state index contributed by atoms with van der Waals surface area (Å²) in [6, 6.07) is 9.01. The number of fused-ring (bicyclic) bond motifs is 1. The first kappa shape index (κ1) is 10.4. The van der Waals surface area contributed by atoms with E-state index in [1.807, 2.05) is 12.4 Å². The van der Waals surface area contributed by atoms with E-state index in [-0.39, 0.29) is 0 Å². The van der Waals surface area contributed by atoms with Crippen molar-refractivity contribution in [3.05, 3.63) is 42.2 Å². The van der Waals surface area contributed by atoms with Crippen LogP contribution in [0.3, 0.4) is 0 Å². The Hall–Kier alpha value is -1.57. The van der Waals surface area contributed by atoms with Gasteiger partial charge in [-0.3, -0.25) is 0 Å². The van der Waals surface area contributed by atoms with Crippen LogP contribution >= 0.6 is 0 Å². The number of hydrogen-bond acceptors (Lipinski definition) is 1. The van der Waals surface area contributed by atoms with Gasteiger partial charge in [0, 0.05) is 18.0 Å². The predicted octanol–water partition coefficient (Wildman–Crippen LogP) is 3.91. The summed E-state index contributed by atoms with van der Waals surface area (Å²) in [5.41, 5.74) is 3.30. The molecular formula is C16H18N2. The summed E-state index contributed by atoms with van der Waals surface area (Å²) in [6.45, 7) is 0. The quantitative estimate of drug-likeness (QED) is 0.844. The second-order valence-corrected chi connectivity index (χ2v) is 5.82. The van der Waals surface area contributed by atoms with Crippen molar-refractivity contribution in [3.8, 4) is 11.4 Å². The maximum absolute atomic E-state index is 4.35. The summed E-state index contributed by atoms with van der Waals surface area (Å²) in [6.07, 6.45) is 10.8. The van der Waals surface area contributed by atoms with Gasteiger partial charge in [-0.2, -0.15) is 0 Å². The molecule has 18 heavy (non-hydrogen) atoms. The summed E-state index contributed by atoms with van der Waals surface area (Å²) < 4.78 is 0. The average molecular weight is 238 g/mol. The maximum atomic E-state index is 4.35. The number of aromatic amines is 1. The number of rotatable bonds is 2. The first-order chi connectivity index (χ1) is 8.88. The first-order valence-electron chi connectivity index (χ1n) is 6.99. The van der Waals surface area contributed by atoms with E-state index in [2.05, 4.69) is 34.2 Å². The van der Waals surface area contributed by atoms with Gasteiger partial charge in [0.15, 0.2) is 0 Å². The average Bonchev–Trinajstić information content (AvgIpc) is 2.93. The number of hydrogen-bond donors (Lipinski definition) is 1. The minimum atomic E-state index is 0.529. The normalized spacial score (nSPS) is 29.9. The number of nitrogens with zero attached hydrogens (tertiary/aromatic N) is 1. The van der Waals surface area contributed by atoms with Crippen molar-refractivity contribution < 1.29 is 0 Å². The molecule has 0 bridgehead atoms. The van der Waals surface area contributed by atoms with Crippen molar-refractivity contribution in [2.45, 2.75) is 37.5 Å². The molecule has 2 atom stereocenters. The molecule has 2 aliphatic rings. The molecule has 0 spiro atoms. The number of benzene rings is 1. The summed E-state index contributed by atoms with van der Waals surface area (Å²) >= 11 is 0. The summed E-state index contributed by atoms with van der Waals surface area (Å²) in [7, 11) is 0. The third kappa shape index (κ3) is 1.45. The fourth-order valence-corrected chi connectivity index (χ4v) is 3.79. The number of imidazole rings is 1. The lowest BCUT2D eigenvalue weighted by molar-refractivity contribution is 0.428. The number of H-pyrrole nitrogens is 1. The van der Waals surface area contributed by atoms with Crippen molar-refractivity contribution in [1.29, 1.82) is 0 Å². The Bertz CT molecular complexity index is 558. The summed E-state index contributed by atoms with van der Waals surface area (Å²) in [5, 5.41) is 0. The fourth-order valence-electron chi connectivity index (χ4n) is 3.79. The van der Waals surface area contributed by atoms with Crippen LogP contribution in [-0.4, -0.2) is 9.97 Å². The Balaban J connectivity index is 1.72. The van der Waals surface area contributed by atoms with E-state index in [0.29, 0.717) is 5.41 Å². The minimum Gasteiger partial charge on any atom is -0.345 e. The molecule has 2 saturated carbocycles. The lowest BCUT2D eigenvalue weighted by atomic mass is 9.82. The topological polar surface area (TPSA) is 28.7 Å². The van der Waals surface area contributed by atoms with Gasteiger partial charge >= 0.3 is 0 Å². The SMILES string of the molecule is c1cc(-c2ncc[nH]2)cc(C23CCCCC2C3)c1. The zero-order chi connectivity index (χ0) is 12.0. The van der Waals surface area contributed by atoms with E-state index < -0.39 is 0 Å². The number of nitrogens with one attached hydrogen (secondary N) is 1. The van der Waals surface area contributed by atoms with Gasteiger partial charge in [-0.25, -0.2) is 4.98 Å². The van der Waals surface area contributed by atoms with Gasteiger partial charge in [0.25, 0.3) is 0 Å². The molecule has 1 heterocycles. The minimum absolute atomic E-state index is 0.529. The molecule has 2 aliphatic carbocycles. The molecule has 1 aromatic heterocycles. The van der Waals surface area contributed by atoms with Crippen LogP contribution in [0.1, 0.15) is 37.7 Å². The molecular weight excluding hydrogens is 220 g/mol. The molecule has 92 valence electrons. The third-order valence-electron chi connectivity index (χ3n) is 4.87. The van der Waals surface area contributed by atoms with Gasteiger partial charge in [-0.05, 0) is 42.2 Å². The lowest BCUT2D eigenvalue weighted by Crippen LogP contribution is -2.14. The second kappa shape index (κ2) is 3.71. The highest BCUT2D eigenvalue weighted by Gasteiger charge is 2.55. The lowest BCUT2D eigenvalue weighted by Gasteiger charge is -2.22. The standard InChI is InChI=1S/C16H18N2/c1-2-7-16(11-14(16)5-1)13-6-3-4-12(10-13)15-17-8-9-18-15/h3-4,6,8-10,14H,1-2,5,7,11H2,(H,17,18). The predicted molar refractivity (Wildman–Crippen MR) is 72.3 cm³/mol. The first-order valence-corrected chi connectivity index (χ1v) is 6.99. The largest absolute Gasteiger partial charge is 0.345 e. The molecule has 1 N–H and O–H groups in total. The van der Waals surface area contributed by atoms with E-state index >= 15 is 0 Å². The Morgan fingerprint density at radius 3 is 3.11 bits per heavy atom. The Labute approximate surface area is 107 Å². The highest BCUT2D eigenvalue weighted by molar-refractivity contribution is 5.57. The van der Waals surface area contributed by atoms with Gasteiger partial charge in [-0.15, -0.1) is 0 Å². The van der Waals surface area contributed by atoms with E-state index in [4.69, 9.17) is 0 Å². The zero-order valence-electron chi connectivity index (χ0n) is 10.5. The molecule has 0 saturated heterocycles. The highest BCUT2D eigenvalue weighted by atomic mass is 14.9. The van der Waals surface area contributed by atoms with Crippen molar-refractivity contribution in [1.82, 2.24) is 9.97 Å². The van der Waals surface area contributed by atoms with Gasteiger partial charge < -0.3 is 4.98 Å². The van der Waals surface area contributed by atoms with Gasteiger partial charge in [0.05, 0.1) is 0 Å². The second-order valence-electron chi connectivity index (χ2n) is 5.82. The Kier molecular flexibility index (Phi) is 2.14. The molecule has 1 aromatic carbocycles. The Morgan fingerprint density at radius 1 is 1.28 bits per heavy atom. The molecule has 0 aliphatic heterocycles. The van der Waals surface area contributed by atoms with Crippen LogP contribution < -0.4 is 0 Å². The smallest absolute Gasteiger partial charge is 0.137 e. The van der Waals surface area contributed by atoms with E-state index in [9.17, 15) is 0 Å². The number of aromatic nitrogens is 2. The van der Waals surface area contributed by atoms with Crippen LogP contribution in [0.25, 0.3) is 11.4 Å². The van der Waals surface area contributed by atoms with Crippen molar-refractivity contribution in [2.75, 3.05) is 0 Å². The molecule has 2 fully saturated rings. The summed E-state index contributed by atoms with van der Waals surface area (Å²) in [4.78, 5) is 7.55. The molecule has 4 rings (SSSR count). The van der Waals surface area contributed by atoms with Crippen LogP contribution in [0.2, 0.25) is 0 Å². The fraction of sp³-hybridized carbons (Fsp3) is 0.438. The molecule has 2 heteroatoms. The molecule has 2 nitrogen and oxygen atoms in total. The van der Waals surface area contributed by atoms with Crippen molar-refractivity contribution in [2.24, 2.45) is 5.92 Å². The van der Waals surface area contributed by atoms with Crippen LogP contribution in [0, 0.1) is 5.92 Å². The van der Waals surface area contributed by atoms with E-state index in [1.165, 1.54) is 37.7 Å². The van der Waals surface area contributed by atoms with Crippen molar-refractivity contribution >= 4 is 0 Å². The van der Waals surface area contributed by atoms with Gasteiger partial charge in [0.1, 0.15) is 5.82 Å².